The highest BCUT2D eigenvalue weighted by molar-refractivity contribution is 6.42. The molecule has 0 aliphatic heterocycles. The number of benzene rings is 8. The fraction of sp³-hybridized carbons (Fsp3) is 0. The average molecular weight is 520 g/mol. The first-order chi connectivity index (χ1) is 20.3. The van der Waals surface area contributed by atoms with Gasteiger partial charge in [-0.05, 0) is 50.5 Å². The Morgan fingerprint density at radius 1 is 0.439 bits per heavy atom. The van der Waals surface area contributed by atoms with Gasteiger partial charge >= 0.3 is 0 Å². The quantitative estimate of drug-likeness (QED) is 0.168. The van der Waals surface area contributed by atoms with Crippen molar-refractivity contribution in [3.8, 4) is 17.2 Å². The van der Waals surface area contributed by atoms with Crippen LogP contribution in [0.4, 0.5) is 0 Å². The highest BCUT2D eigenvalue weighted by atomic mass is 15.2. The maximum atomic E-state index is 5.34. The molecular weight excluding hydrogens is 498 g/mol. The van der Waals surface area contributed by atoms with Crippen LogP contribution in [-0.4, -0.2) is 14.5 Å². The van der Waals surface area contributed by atoms with Gasteiger partial charge in [0.25, 0.3) is 0 Å². The molecule has 0 fully saturated rings. The van der Waals surface area contributed by atoms with Gasteiger partial charge in [0.1, 0.15) is 0 Å². The normalized spacial score (nSPS) is 12.4. The number of nitrogens with zero attached hydrogens (tertiary/aromatic N) is 3. The zero-order valence-corrected chi connectivity index (χ0v) is 22.0. The van der Waals surface area contributed by atoms with Gasteiger partial charge in [0.15, 0.2) is 0 Å². The van der Waals surface area contributed by atoms with Gasteiger partial charge in [-0.2, -0.15) is 0 Å². The molecule has 0 aliphatic rings. The first-order valence-electron chi connectivity index (χ1n) is 14.0. The molecule has 0 radical (unpaired) electrons. The fourth-order valence-electron chi connectivity index (χ4n) is 7.18. The second-order valence-corrected chi connectivity index (χ2v) is 11.0. The molecule has 8 aromatic carbocycles. The highest BCUT2D eigenvalue weighted by Crippen LogP contribution is 2.48. The third-order valence-corrected chi connectivity index (χ3v) is 8.87. The number of hydrogen-bond donors (Lipinski definition) is 0. The van der Waals surface area contributed by atoms with Gasteiger partial charge < -0.3 is 0 Å². The summed E-state index contributed by atoms with van der Waals surface area (Å²) in [5.74, 6) is 0.697. The minimum Gasteiger partial charge on any atom is -0.277 e. The van der Waals surface area contributed by atoms with E-state index in [1.807, 2.05) is 6.07 Å². The molecule has 10 aromatic rings. The molecule has 0 unspecified atom stereocenters. The summed E-state index contributed by atoms with van der Waals surface area (Å²) in [5.41, 5.74) is 5.28. The maximum Gasteiger partial charge on any atom is 0.235 e. The second kappa shape index (κ2) is 7.56. The van der Waals surface area contributed by atoms with Crippen molar-refractivity contribution >= 4 is 75.8 Å². The minimum atomic E-state index is 0.697. The van der Waals surface area contributed by atoms with E-state index < -0.39 is 0 Å². The molecule has 0 spiro atoms. The van der Waals surface area contributed by atoms with Gasteiger partial charge in [0.2, 0.25) is 5.95 Å². The first kappa shape index (κ1) is 21.3. The third kappa shape index (κ3) is 2.68. The van der Waals surface area contributed by atoms with Gasteiger partial charge in [0, 0.05) is 32.5 Å². The van der Waals surface area contributed by atoms with Crippen molar-refractivity contribution < 1.29 is 0 Å². The Balaban J connectivity index is 1.49. The lowest BCUT2D eigenvalue weighted by Crippen LogP contribution is -2.03. The van der Waals surface area contributed by atoms with Gasteiger partial charge in [-0.3, -0.25) is 4.57 Å². The standard InChI is InChI=1S/C38H21N3/c1-2-9-24(10-3-1)36-28-14-6-7-16-30(28)39-38(40-36)41-31-20-19-23-18-17-22-12-8-15-27-29-21-25-11-4-5-13-26(25)37(41)34(29)35(31)33(23)32(22)27/h1-21H. The van der Waals surface area contributed by atoms with Crippen LogP contribution in [0.3, 0.4) is 0 Å². The van der Waals surface area contributed by atoms with Crippen molar-refractivity contribution in [3.05, 3.63) is 127 Å². The predicted octanol–water partition coefficient (Wildman–Crippen LogP) is 9.88. The molecule has 41 heavy (non-hydrogen) atoms. The van der Waals surface area contributed by atoms with Crippen molar-refractivity contribution in [2.45, 2.75) is 0 Å². The molecule has 2 aromatic heterocycles. The van der Waals surface area contributed by atoms with Crippen LogP contribution in [0.1, 0.15) is 0 Å². The van der Waals surface area contributed by atoms with E-state index in [4.69, 9.17) is 9.97 Å². The van der Waals surface area contributed by atoms with Gasteiger partial charge in [-0.1, -0.05) is 109 Å². The molecule has 10 rings (SSSR count). The van der Waals surface area contributed by atoms with Crippen LogP contribution < -0.4 is 0 Å². The summed E-state index contributed by atoms with van der Waals surface area (Å²) < 4.78 is 2.32. The molecule has 0 aliphatic carbocycles. The summed E-state index contributed by atoms with van der Waals surface area (Å²) in [7, 11) is 0. The minimum absolute atomic E-state index is 0.697. The van der Waals surface area contributed by atoms with Gasteiger partial charge in [-0.15, -0.1) is 0 Å². The molecule has 0 saturated heterocycles. The van der Waals surface area contributed by atoms with Crippen LogP contribution in [0.2, 0.25) is 0 Å². The Morgan fingerprint density at radius 2 is 1.15 bits per heavy atom. The molecule has 0 bridgehead atoms. The summed E-state index contributed by atoms with van der Waals surface area (Å²) in [6, 6.07) is 45.6. The number of para-hydroxylation sites is 1. The van der Waals surface area contributed by atoms with Crippen molar-refractivity contribution in [3.63, 3.8) is 0 Å². The Labute approximate surface area is 234 Å². The van der Waals surface area contributed by atoms with Crippen molar-refractivity contribution in [1.82, 2.24) is 14.5 Å². The smallest absolute Gasteiger partial charge is 0.235 e. The highest BCUT2D eigenvalue weighted by Gasteiger charge is 2.25. The molecule has 3 nitrogen and oxygen atoms in total. The molecule has 3 heteroatoms. The summed E-state index contributed by atoms with van der Waals surface area (Å²) in [4.78, 5) is 10.6. The first-order valence-corrected chi connectivity index (χ1v) is 14.0. The van der Waals surface area contributed by atoms with E-state index in [0.29, 0.717) is 5.95 Å². The summed E-state index contributed by atoms with van der Waals surface area (Å²) in [6.07, 6.45) is 0. The molecular formula is C38H21N3. The Bertz CT molecular complexity index is 2630. The zero-order chi connectivity index (χ0) is 26.7. The van der Waals surface area contributed by atoms with E-state index in [2.05, 4.69) is 126 Å². The van der Waals surface area contributed by atoms with E-state index in [-0.39, 0.29) is 0 Å². The average Bonchev–Trinajstić information content (AvgIpc) is 3.40. The monoisotopic (exact) mass is 519 g/mol. The van der Waals surface area contributed by atoms with Crippen LogP contribution >= 0.6 is 0 Å². The van der Waals surface area contributed by atoms with Crippen LogP contribution in [-0.2, 0) is 0 Å². The predicted molar refractivity (Wildman–Crippen MR) is 172 cm³/mol. The van der Waals surface area contributed by atoms with E-state index in [0.717, 1.165) is 27.7 Å². The van der Waals surface area contributed by atoms with Crippen molar-refractivity contribution in [2.24, 2.45) is 0 Å². The number of fused-ring (bicyclic) bond motifs is 4. The Hall–Kier alpha value is -5.54. The Morgan fingerprint density at radius 3 is 2.05 bits per heavy atom. The largest absolute Gasteiger partial charge is 0.277 e. The molecule has 2 heterocycles. The van der Waals surface area contributed by atoms with Crippen LogP contribution in [0, 0.1) is 0 Å². The maximum absolute atomic E-state index is 5.34. The van der Waals surface area contributed by atoms with Gasteiger partial charge in [0.05, 0.1) is 22.2 Å². The van der Waals surface area contributed by atoms with Crippen molar-refractivity contribution in [1.29, 1.82) is 0 Å². The summed E-state index contributed by atoms with van der Waals surface area (Å²) in [5, 5.41) is 13.8. The van der Waals surface area contributed by atoms with Crippen LogP contribution in [0.5, 0.6) is 0 Å². The Kier molecular flexibility index (Phi) is 3.93. The van der Waals surface area contributed by atoms with Crippen LogP contribution in [0.25, 0.3) is 93.0 Å². The SMILES string of the molecule is c1ccc(-c2nc(-n3c4ccc5ccc6cccc7c8cc9ccccc9c3c8c4c5c67)nc3ccccc23)cc1. The molecule has 0 N–H and O–H groups in total. The van der Waals surface area contributed by atoms with Crippen molar-refractivity contribution in [2.75, 3.05) is 0 Å². The lowest BCUT2D eigenvalue weighted by molar-refractivity contribution is 1.02. The number of rotatable bonds is 2. The summed E-state index contributed by atoms with van der Waals surface area (Å²) >= 11 is 0. The molecule has 0 saturated carbocycles. The number of aromatic nitrogens is 3. The lowest BCUT2D eigenvalue weighted by Gasteiger charge is -2.14. The topological polar surface area (TPSA) is 30.7 Å². The third-order valence-electron chi connectivity index (χ3n) is 8.87. The van der Waals surface area contributed by atoms with E-state index in [1.54, 1.807) is 0 Å². The molecule has 0 atom stereocenters. The molecule has 188 valence electrons. The van der Waals surface area contributed by atoms with Crippen LogP contribution in [0.15, 0.2) is 127 Å². The molecule has 0 amide bonds. The van der Waals surface area contributed by atoms with E-state index in [1.165, 1.54) is 59.4 Å². The number of hydrogen-bond acceptors (Lipinski definition) is 2. The van der Waals surface area contributed by atoms with Gasteiger partial charge in [-0.25, -0.2) is 9.97 Å². The fourth-order valence-corrected chi connectivity index (χ4v) is 7.18. The van der Waals surface area contributed by atoms with E-state index in [9.17, 15) is 0 Å². The van der Waals surface area contributed by atoms with E-state index >= 15 is 0 Å². The lowest BCUT2D eigenvalue weighted by atomic mass is 9.88. The zero-order valence-electron chi connectivity index (χ0n) is 22.0. The second-order valence-electron chi connectivity index (χ2n) is 11.0. The summed E-state index contributed by atoms with van der Waals surface area (Å²) in [6.45, 7) is 0.